The summed E-state index contributed by atoms with van der Waals surface area (Å²) >= 11 is 3.19. The Balaban J connectivity index is 1.30. The molecule has 32 heavy (non-hydrogen) atoms. The molecule has 1 aromatic carbocycles. The zero-order valence-corrected chi connectivity index (χ0v) is 18.3. The number of hydrogen-bond donors (Lipinski definition) is 1. The van der Waals surface area contributed by atoms with E-state index in [-0.39, 0.29) is 11.6 Å². The molecule has 0 bridgehead atoms. The highest BCUT2D eigenvalue weighted by atomic mass is 32.2. The van der Waals surface area contributed by atoms with Gasteiger partial charge in [0.15, 0.2) is 21.8 Å². The van der Waals surface area contributed by atoms with Crippen molar-refractivity contribution in [3.63, 3.8) is 0 Å². The fourth-order valence-electron chi connectivity index (χ4n) is 3.66. The number of fused-ring (bicyclic) bond motifs is 2. The molecule has 6 rings (SSSR count). The minimum atomic E-state index is -0.193. The number of pyridine rings is 1. The minimum Gasteiger partial charge on any atom is -0.301 e. The molecular formula is C21H16N8OS2. The van der Waals surface area contributed by atoms with E-state index in [2.05, 4.69) is 29.8 Å². The maximum Gasteiger partial charge on any atom is 0.262 e. The predicted octanol–water partition coefficient (Wildman–Crippen LogP) is 3.20. The van der Waals surface area contributed by atoms with Crippen LogP contribution in [0.25, 0.3) is 28.1 Å². The summed E-state index contributed by atoms with van der Waals surface area (Å²) in [6.45, 7) is 0. The van der Waals surface area contributed by atoms with E-state index in [0.29, 0.717) is 16.2 Å². The molecule has 0 amide bonds. The maximum atomic E-state index is 12.6. The van der Waals surface area contributed by atoms with Gasteiger partial charge in [0.1, 0.15) is 5.39 Å². The lowest BCUT2D eigenvalue weighted by Crippen LogP contribution is -2.13. The number of aromatic nitrogens is 8. The van der Waals surface area contributed by atoms with Gasteiger partial charge in [-0.3, -0.25) is 14.3 Å². The lowest BCUT2D eigenvalue weighted by atomic mass is 10.2. The van der Waals surface area contributed by atoms with Crippen LogP contribution in [-0.2, 0) is 0 Å². The van der Waals surface area contributed by atoms with Gasteiger partial charge in [-0.1, -0.05) is 41.7 Å². The molecule has 1 unspecified atom stereocenters. The van der Waals surface area contributed by atoms with Gasteiger partial charge in [0, 0.05) is 29.5 Å². The Morgan fingerprint density at radius 1 is 1.12 bits per heavy atom. The summed E-state index contributed by atoms with van der Waals surface area (Å²) < 4.78 is 3.85. The van der Waals surface area contributed by atoms with E-state index in [0.717, 1.165) is 33.7 Å². The number of para-hydroxylation sites is 1. The number of rotatable bonds is 5. The minimum absolute atomic E-state index is 0.172. The summed E-state index contributed by atoms with van der Waals surface area (Å²) in [5.74, 6) is 2.42. The zero-order valence-electron chi connectivity index (χ0n) is 16.6. The quantitative estimate of drug-likeness (QED) is 0.315. The summed E-state index contributed by atoms with van der Waals surface area (Å²) in [5.41, 5.74) is 2.15. The third-order valence-electron chi connectivity index (χ3n) is 5.18. The van der Waals surface area contributed by atoms with Crippen LogP contribution in [0.15, 0.2) is 76.2 Å². The van der Waals surface area contributed by atoms with Crippen molar-refractivity contribution in [1.82, 2.24) is 39.5 Å². The highest BCUT2D eigenvalue weighted by Gasteiger charge is 2.29. The largest absolute Gasteiger partial charge is 0.301 e. The molecule has 1 aliphatic rings. The molecule has 4 aromatic heterocycles. The van der Waals surface area contributed by atoms with Crippen molar-refractivity contribution in [3.05, 3.63) is 71.4 Å². The molecule has 11 heteroatoms. The summed E-state index contributed by atoms with van der Waals surface area (Å²) in [7, 11) is 0. The Morgan fingerprint density at radius 3 is 2.88 bits per heavy atom. The molecule has 9 nitrogen and oxygen atoms in total. The lowest BCUT2D eigenvalue weighted by molar-refractivity contribution is 0.596. The number of hydrogen-bond acceptors (Lipinski definition) is 8. The molecule has 5 heterocycles. The van der Waals surface area contributed by atoms with E-state index in [1.54, 1.807) is 35.0 Å². The van der Waals surface area contributed by atoms with Crippen LogP contribution >= 0.6 is 23.5 Å². The summed E-state index contributed by atoms with van der Waals surface area (Å²) in [4.78, 5) is 24.4. The number of benzene rings is 1. The average molecular weight is 461 g/mol. The van der Waals surface area contributed by atoms with Crippen LogP contribution < -0.4 is 5.56 Å². The molecule has 158 valence electrons. The van der Waals surface area contributed by atoms with Gasteiger partial charge in [0.25, 0.3) is 5.56 Å². The molecular weight excluding hydrogens is 444 g/mol. The van der Waals surface area contributed by atoms with Crippen LogP contribution in [0, 0.1) is 0 Å². The molecule has 0 radical (unpaired) electrons. The number of thioether (sulfide) groups is 2. The summed E-state index contributed by atoms with van der Waals surface area (Å²) in [6, 6.07) is 13.7. The van der Waals surface area contributed by atoms with Gasteiger partial charge >= 0.3 is 0 Å². The molecule has 0 fully saturated rings. The maximum absolute atomic E-state index is 12.6. The second-order valence-electron chi connectivity index (χ2n) is 7.19. The van der Waals surface area contributed by atoms with E-state index >= 15 is 0 Å². The summed E-state index contributed by atoms with van der Waals surface area (Å²) in [5, 5.41) is 15.0. The molecule has 0 aliphatic carbocycles. The number of H-pyrrole nitrogens is 1. The SMILES string of the molecule is O=c1[nH]c(SCC2CSc3nnc(-c4cccnc4)n32)nc2c1cnn2-c1ccccc1. The van der Waals surface area contributed by atoms with Crippen LogP contribution in [0.5, 0.6) is 0 Å². The Hall–Kier alpha value is -3.44. The third kappa shape index (κ3) is 3.30. The van der Waals surface area contributed by atoms with Crippen molar-refractivity contribution in [3.8, 4) is 17.1 Å². The Kier molecular flexibility index (Phi) is 4.76. The Morgan fingerprint density at radius 2 is 2.03 bits per heavy atom. The van der Waals surface area contributed by atoms with Crippen LogP contribution in [0.1, 0.15) is 6.04 Å². The van der Waals surface area contributed by atoms with Crippen molar-refractivity contribution in [1.29, 1.82) is 0 Å². The van der Waals surface area contributed by atoms with E-state index in [1.165, 1.54) is 11.8 Å². The highest BCUT2D eigenvalue weighted by molar-refractivity contribution is 8.00. The van der Waals surface area contributed by atoms with Crippen molar-refractivity contribution >= 4 is 34.6 Å². The van der Waals surface area contributed by atoms with Crippen LogP contribution in [0.3, 0.4) is 0 Å². The molecule has 1 atom stereocenters. The Labute approximate surface area is 190 Å². The molecule has 1 N–H and O–H groups in total. The normalized spacial score (nSPS) is 15.3. The molecule has 0 saturated carbocycles. The Bertz CT molecular complexity index is 1460. The first-order valence-electron chi connectivity index (χ1n) is 9.92. The van der Waals surface area contributed by atoms with E-state index in [4.69, 9.17) is 4.98 Å². The van der Waals surface area contributed by atoms with E-state index in [9.17, 15) is 4.79 Å². The van der Waals surface area contributed by atoms with Gasteiger partial charge in [-0.05, 0) is 24.3 Å². The molecule has 5 aromatic rings. The van der Waals surface area contributed by atoms with Crippen LogP contribution in [0.4, 0.5) is 0 Å². The molecule has 0 spiro atoms. The van der Waals surface area contributed by atoms with Crippen molar-refractivity contribution in [2.45, 2.75) is 16.4 Å². The predicted molar refractivity (Wildman–Crippen MR) is 123 cm³/mol. The standard InChI is InChI=1S/C21H16N8OS2/c30-19-16-10-23-29(14-6-2-1-3-7-14)18(16)24-20(25-19)31-11-15-12-32-21-27-26-17(28(15)21)13-5-4-8-22-9-13/h1-10,15H,11-12H2,(H,24,25,30). The first-order chi connectivity index (χ1) is 15.8. The second kappa shape index (κ2) is 7.92. The van der Waals surface area contributed by atoms with Gasteiger partial charge < -0.3 is 4.98 Å². The van der Waals surface area contributed by atoms with E-state index in [1.807, 2.05) is 42.5 Å². The lowest BCUT2D eigenvalue weighted by Gasteiger charge is -2.13. The smallest absolute Gasteiger partial charge is 0.262 e. The van der Waals surface area contributed by atoms with E-state index < -0.39 is 0 Å². The number of nitrogens with one attached hydrogen (secondary N) is 1. The van der Waals surface area contributed by atoms with Gasteiger partial charge in [0.05, 0.1) is 17.9 Å². The highest BCUT2D eigenvalue weighted by Crippen LogP contribution is 2.38. The fraction of sp³-hybridized carbons (Fsp3) is 0.143. The van der Waals surface area contributed by atoms with Crippen LogP contribution in [0.2, 0.25) is 0 Å². The number of aromatic amines is 1. The molecule has 0 saturated heterocycles. The fourth-order valence-corrected chi connectivity index (χ4v) is 5.83. The average Bonchev–Trinajstić information content (AvgIpc) is 3.54. The first-order valence-corrected chi connectivity index (χ1v) is 11.9. The van der Waals surface area contributed by atoms with Crippen LogP contribution in [-0.4, -0.2) is 51.0 Å². The summed E-state index contributed by atoms with van der Waals surface area (Å²) in [6.07, 6.45) is 5.09. The first kappa shape index (κ1) is 19.3. The van der Waals surface area contributed by atoms with Gasteiger partial charge in [-0.2, -0.15) is 5.10 Å². The number of nitrogens with zero attached hydrogens (tertiary/aromatic N) is 7. The second-order valence-corrected chi connectivity index (χ2v) is 9.19. The van der Waals surface area contributed by atoms with Crippen molar-refractivity contribution in [2.24, 2.45) is 0 Å². The third-order valence-corrected chi connectivity index (χ3v) is 7.29. The monoisotopic (exact) mass is 460 g/mol. The van der Waals surface area contributed by atoms with Gasteiger partial charge in [-0.15, -0.1) is 10.2 Å². The van der Waals surface area contributed by atoms with Gasteiger partial charge in [-0.25, -0.2) is 9.67 Å². The zero-order chi connectivity index (χ0) is 21.5. The van der Waals surface area contributed by atoms with Crippen molar-refractivity contribution in [2.75, 3.05) is 11.5 Å². The topological polar surface area (TPSA) is 107 Å². The molecule has 1 aliphatic heterocycles. The van der Waals surface area contributed by atoms with Gasteiger partial charge in [0.2, 0.25) is 0 Å². The van der Waals surface area contributed by atoms with Crippen molar-refractivity contribution < 1.29 is 0 Å².